The molecule has 16 radical (unpaired) electrons. The fourth-order valence-electron chi connectivity index (χ4n) is 6.81. The Morgan fingerprint density at radius 3 is 1.55 bits per heavy atom. The van der Waals surface area contributed by atoms with Crippen LogP contribution in [0.2, 0.25) is 0 Å². The zero-order chi connectivity index (χ0) is 32.7. The van der Waals surface area contributed by atoms with Gasteiger partial charge in [0.05, 0.1) is 16.7 Å². The van der Waals surface area contributed by atoms with E-state index in [-0.39, 0.29) is 43.7 Å². The molecule has 0 aliphatic rings. The van der Waals surface area contributed by atoms with E-state index in [9.17, 15) is 0 Å². The van der Waals surface area contributed by atoms with Gasteiger partial charge in [0, 0.05) is 5.56 Å². The number of hydrogen-bond acceptors (Lipinski definition) is 1. The Labute approximate surface area is 283 Å². The van der Waals surface area contributed by atoms with Gasteiger partial charge in [-0.05, 0) is 61.6 Å². The van der Waals surface area contributed by atoms with E-state index >= 15 is 0 Å². The first-order valence-corrected chi connectivity index (χ1v) is 15.0. The fraction of sp³-hybridized carbons (Fsp3) is 0. The second kappa shape index (κ2) is 10.9. The summed E-state index contributed by atoms with van der Waals surface area (Å²) < 4.78 is 2.01. The van der Waals surface area contributed by atoms with E-state index in [0.29, 0.717) is 38.6 Å². The highest BCUT2D eigenvalue weighted by Gasteiger charge is 2.27. The third-order valence-electron chi connectivity index (χ3n) is 9.15. The van der Waals surface area contributed by atoms with Crippen molar-refractivity contribution in [2.24, 2.45) is 0 Å². The van der Waals surface area contributed by atoms with Crippen molar-refractivity contribution in [3.05, 3.63) is 97.1 Å². The summed E-state index contributed by atoms with van der Waals surface area (Å²) >= 11 is 0. The highest BCUT2D eigenvalue weighted by atomic mass is 15.1. The number of benzene rings is 7. The molecule has 0 saturated carbocycles. The first-order chi connectivity index (χ1) is 22.7. The minimum atomic E-state index is 0.153. The van der Waals surface area contributed by atoms with Gasteiger partial charge in [0.15, 0.2) is 0 Å². The van der Waals surface area contributed by atoms with Gasteiger partial charge < -0.3 is 0 Å². The second-order valence-electron chi connectivity index (χ2n) is 11.7. The molecule has 0 atom stereocenters. The summed E-state index contributed by atoms with van der Waals surface area (Å²) in [7, 11) is 54.3. The third kappa shape index (κ3) is 4.27. The topological polar surface area (TPSA) is 17.8 Å². The molecule has 10 heteroatoms. The maximum atomic E-state index is 6.99. The second-order valence-corrected chi connectivity index (χ2v) is 11.7. The van der Waals surface area contributed by atoms with E-state index in [1.54, 1.807) is 0 Å². The molecule has 0 saturated heterocycles. The van der Waals surface area contributed by atoms with Crippen molar-refractivity contribution in [2.75, 3.05) is 0 Å². The van der Waals surface area contributed by atoms with Crippen LogP contribution in [0.15, 0.2) is 97.1 Å². The van der Waals surface area contributed by atoms with Crippen molar-refractivity contribution in [2.45, 2.75) is 0 Å². The van der Waals surface area contributed by atoms with Gasteiger partial charge >= 0.3 is 0 Å². The number of imidazole rings is 1. The molecule has 2 nitrogen and oxygen atoms in total. The Bertz CT molecular complexity index is 2530. The van der Waals surface area contributed by atoms with E-state index in [4.69, 9.17) is 67.8 Å². The van der Waals surface area contributed by atoms with Crippen LogP contribution >= 0.6 is 0 Å². The summed E-state index contributed by atoms with van der Waals surface area (Å²) in [6.45, 7) is 0. The van der Waals surface area contributed by atoms with Crippen LogP contribution in [0.4, 0.5) is 0 Å². The zero-order valence-corrected chi connectivity index (χ0v) is 25.3. The lowest BCUT2D eigenvalue weighted by atomic mass is 9.60. The molecule has 198 valence electrons. The Morgan fingerprint density at radius 2 is 0.936 bits per heavy atom. The third-order valence-corrected chi connectivity index (χ3v) is 9.15. The van der Waals surface area contributed by atoms with Crippen molar-refractivity contribution in [3.8, 4) is 28.2 Å². The zero-order valence-electron chi connectivity index (χ0n) is 25.3. The fourth-order valence-corrected chi connectivity index (χ4v) is 6.81. The Hall–Kier alpha value is -4.69. The van der Waals surface area contributed by atoms with Gasteiger partial charge in [-0.15, -0.1) is 21.9 Å². The Kier molecular flexibility index (Phi) is 6.92. The normalized spacial score (nSPS) is 11.7. The Balaban J connectivity index is 1.72. The molecule has 0 aliphatic heterocycles. The van der Waals surface area contributed by atoms with Gasteiger partial charge in [0.2, 0.25) is 0 Å². The smallest absolute Gasteiger partial charge is 0.145 e. The van der Waals surface area contributed by atoms with Gasteiger partial charge in [0.1, 0.15) is 68.6 Å². The van der Waals surface area contributed by atoms with E-state index in [1.165, 1.54) is 0 Å². The van der Waals surface area contributed by atoms with E-state index in [0.717, 1.165) is 32.9 Å². The van der Waals surface area contributed by atoms with Gasteiger partial charge in [-0.2, -0.15) is 0 Å². The molecule has 0 fully saturated rings. The van der Waals surface area contributed by atoms with Gasteiger partial charge in [0.25, 0.3) is 0 Å². The number of fused-ring (bicyclic) bond motifs is 4. The molecule has 0 N–H and O–H groups in total. The molecule has 8 aromatic rings. The van der Waals surface area contributed by atoms with E-state index in [1.807, 2.05) is 95.6 Å². The van der Waals surface area contributed by atoms with Gasteiger partial charge in [-0.3, -0.25) is 4.57 Å². The summed E-state index contributed by atoms with van der Waals surface area (Å²) in [6.07, 6.45) is 0. The molecular formula is C37H16B8N2. The van der Waals surface area contributed by atoms with Crippen LogP contribution < -0.4 is 43.7 Å². The molecular weight excluding hydrogens is 559 g/mol. The summed E-state index contributed by atoms with van der Waals surface area (Å²) in [5, 5.41) is 4.23. The van der Waals surface area contributed by atoms with Crippen LogP contribution in [0.25, 0.3) is 71.6 Å². The van der Waals surface area contributed by atoms with Crippen LogP contribution in [0.3, 0.4) is 0 Å². The molecule has 7 aromatic carbocycles. The summed E-state index contributed by atoms with van der Waals surface area (Å²) in [4.78, 5) is 5.08. The molecule has 8 rings (SSSR count). The number of aromatic nitrogens is 2. The lowest BCUT2D eigenvalue weighted by Crippen LogP contribution is -2.50. The molecule has 0 aliphatic carbocycles. The Morgan fingerprint density at radius 1 is 0.426 bits per heavy atom. The molecule has 1 heterocycles. The SMILES string of the molecule is [B]c1c([B])c([B])c2c(-n3c(-c4ccccc4)nc4ccccc43)c3c([B])c([B])c([B])c([B])c3c(-c3ccc4ccccc4c3)c2c1[B]. The summed E-state index contributed by atoms with van der Waals surface area (Å²) in [6, 6.07) is 31.8. The van der Waals surface area contributed by atoms with Gasteiger partial charge in [-0.25, -0.2) is 4.98 Å². The minimum Gasteiger partial charge on any atom is -0.291 e. The van der Waals surface area contributed by atoms with Crippen molar-refractivity contribution in [1.82, 2.24) is 9.55 Å². The lowest BCUT2D eigenvalue weighted by Gasteiger charge is -2.29. The van der Waals surface area contributed by atoms with Crippen molar-refractivity contribution in [1.29, 1.82) is 0 Å². The standard InChI is InChI=1S/C37H16B8N2/c38-28-24-23(20-15-14-17-8-4-5-11-19(17)16-20)25-27(31(41)35(45)33(43)29(25)39)36(26(24)30(40)34(44)32(28)42)47-22-13-7-6-12-21(22)46-37(47)18-9-2-1-3-10-18/h1-16H. The van der Waals surface area contributed by atoms with Crippen LogP contribution in [-0.2, 0) is 0 Å². The van der Waals surface area contributed by atoms with Crippen LogP contribution in [0, 0.1) is 0 Å². The maximum absolute atomic E-state index is 6.99. The highest BCUT2D eigenvalue weighted by molar-refractivity contribution is 6.71. The average Bonchev–Trinajstić information content (AvgIpc) is 3.49. The molecule has 0 spiro atoms. The molecule has 1 aromatic heterocycles. The minimum absolute atomic E-state index is 0.153. The summed E-state index contributed by atoms with van der Waals surface area (Å²) in [5.74, 6) is 0.634. The molecule has 0 amide bonds. The van der Waals surface area contributed by atoms with Crippen molar-refractivity contribution >= 4 is 150 Å². The number of nitrogens with zero attached hydrogens (tertiary/aromatic N) is 2. The first-order valence-electron chi connectivity index (χ1n) is 15.0. The lowest BCUT2D eigenvalue weighted by molar-refractivity contribution is 1.13. The highest BCUT2D eigenvalue weighted by Crippen LogP contribution is 2.41. The maximum Gasteiger partial charge on any atom is 0.145 e. The van der Waals surface area contributed by atoms with Crippen LogP contribution in [-0.4, -0.2) is 72.3 Å². The van der Waals surface area contributed by atoms with E-state index in [2.05, 4.69) is 6.07 Å². The summed E-state index contributed by atoms with van der Waals surface area (Å²) in [5.41, 5.74) is 5.99. The monoisotopic (exact) mass is 576 g/mol. The molecule has 0 bridgehead atoms. The number of para-hydroxylation sites is 2. The van der Waals surface area contributed by atoms with Gasteiger partial charge in [-0.1, -0.05) is 101 Å². The number of hydrogen-bond donors (Lipinski definition) is 0. The molecule has 47 heavy (non-hydrogen) atoms. The predicted molar refractivity (Wildman–Crippen MR) is 208 cm³/mol. The largest absolute Gasteiger partial charge is 0.291 e. The van der Waals surface area contributed by atoms with Crippen molar-refractivity contribution < 1.29 is 0 Å². The molecule has 0 unspecified atom stereocenters. The van der Waals surface area contributed by atoms with E-state index < -0.39 is 0 Å². The van der Waals surface area contributed by atoms with Crippen LogP contribution in [0.1, 0.15) is 0 Å². The predicted octanol–water partition coefficient (Wildman–Crippen LogP) is 0.170. The number of rotatable bonds is 3. The van der Waals surface area contributed by atoms with Crippen molar-refractivity contribution in [3.63, 3.8) is 0 Å². The van der Waals surface area contributed by atoms with Crippen LogP contribution in [0.5, 0.6) is 0 Å². The quantitative estimate of drug-likeness (QED) is 0.217. The average molecular weight is 575 g/mol. The first kappa shape index (κ1) is 29.7.